The first-order chi connectivity index (χ1) is 12.9. The number of rotatable bonds is 5. The SMILES string of the molecule is CCNC(=NCCN1CCCCCC1)N1CCN(c2ncccn2)CC1. The molecule has 2 fully saturated rings. The van der Waals surface area contributed by atoms with E-state index in [4.69, 9.17) is 4.99 Å². The lowest BCUT2D eigenvalue weighted by Crippen LogP contribution is -2.53. The number of piperazine rings is 1. The summed E-state index contributed by atoms with van der Waals surface area (Å²) in [6, 6.07) is 1.86. The van der Waals surface area contributed by atoms with Gasteiger partial charge in [-0.3, -0.25) is 4.99 Å². The maximum absolute atomic E-state index is 4.90. The number of hydrogen-bond acceptors (Lipinski definition) is 5. The molecule has 7 heteroatoms. The smallest absolute Gasteiger partial charge is 0.225 e. The number of nitrogens with one attached hydrogen (secondary N) is 1. The van der Waals surface area contributed by atoms with Crippen LogP contribution in [0.1, 0.15) is 32.6 Å². The summed E-state index contributed by atoms with van der Waals surface area (Å²) in [5.41, 5.74) is 0. The average Bonchev–Trinajstić information content (AvgIpc) is 2.97. The molecule has 1 N–H and O–H groups in total. The van der Waals surface area contributed by atoms with Crippen LogP contribution in [0, 0.1) is 0 Å². The molecule has 2 aliphatic rings. The van der Waals surface area contributed by atoms with Crippen LogP contribution in [0.4, 0.5) is 5.95 Å². The molecule has 0 aromatic carbocycles. The van der Waals surface area contributed by atoms with Crippen molar-refractivity contribution >= 4 is 11.9 Å². The van der Waals surface area contributed by atoms with Crippen molar-refractivity contribution in [2.45, 2.75) is 32.6 Å². The molecule has 0 aliphatic carbocycles. The molecular weight excluding hydrogens is 326 g/mol. The van der Waals surface area contributed by atoms with Gasteiger partial charge in [-0.15, -0.1) is 0 Å². The fraction of sp³-hybridized carbons (Fsp3) is 0.737. The Hall–Kier alpha value is -1.89. The van der Waals surface area contributed by atoms with Crippen LogP contribution < -0.4 is 10.2 Å². The van der Waals surface area contributed by atoms with Crippen molar-refractivity contribution in [1.82, 2.24) is 25.1 Å². The lowest BCUT2D eigenvalue weighted by molar-refractivity contribution is 0.292. The first-order valence-electron chi connectivity index (χ1n) is 10.1. The molecule has 3 rings (SSSR count). The highest BCUT2D eigenvalue weighted by Gasteiger charge is 2.21. The predicted molar refractivity (Wildman–Crippen MR) is 107 cm³/mol. The quantitative estimate of drug-likeness (QED) is 0.634. The van der Waals surface area contributed by atoms with Crippen molar-refractivity contribution in [2.24, 2.45) is 4.99 Å². The van der Waals surface area contributed by atoms with E-state index in [1.807, 2.05) is 18.5 Å². The van der Waals surface area contributed by atoms with Gasteiger partial charge in [0.2, 0.25) is 5.95 Å². The van der Waals surface area contributed by atoms with E-state index in [9.17, 15) is 0 Å². The summed E-state index contributed by atoms with van der Waals surface area (Å²) >= 11 is 0. The Bertz CT molecular complexity index is 532. The van der Waals surface area contributed by atoms with Crippen molar-refractivity contribution in [3.05, 3.63) is 18.5 Å². The van der Waals surface area contributed by atoms with Crippen LogP contribution in [-0.4, -0.2) is 84.6 Å². The summed E-state index contributed by atoms with van der Waals surface area (Å²) in [6.07, 6.45) is 9.07. The molecular formula is C19H33N7. The highest BCUT2D eigenvalue weighted by atomic mass is 15.4. The topological polar surface area (TPSA) is 59.9 Å². The highest BCUT2D eigenvalue weighted by molar-refractivity contribution is 5.80. The van der Waals surface area contributed by atoms with E-state index < -0.39 is 0 Å². The van der Waals surface area contributed by atoms with Crippen molar-refractivity contribution in [3.63, 3.8) is 0 Å². The molecule has 144 valence electrons. The second-order valence-corrected chi connectivity index (χ2v) is 7.01. The highest BCUT2D eigenvalue weighted by Crippen LogP contribution is 2.11. The first kappa shape index (κ1) is 18.9. The molecule has 0 unspecified atom stereocenters. The van der Waals surface area contributed by atoms with Gasteiger partial charge in [-0.05, 0) is 38.9 Å². The molecule has 7 nitrogen and oxygen atoms in total. The molecule has 26 heavy (non-hydrogen) atoms. The van der Waals surface area contributed by atoms with Crippen LogP contribution in [0.3, 0.4) is 0 Å². The van der Waals surface area contributed by atoms with Gasteiger partial charge in [0.15, 0.2) is 5.96 Å². The second-order valence-electron chi connectivity index (χ2n) is 7.01. The van der Waals surface area contributed by atoms with Gasteiger partial charge < -0.3 is 20.0 Å². The molecule has 2 aliphatic heterocycles. The largest absolute Gasteiger partial charge is 0.357 e. The minimum Gasteiger partial charge on any atom is -0.357 e. The van der Waals surface area contributed by atoms with Gasteiger partial charge in [-0.2, -0.15) is 0 Å². The van der Waals surface area contributed by atoms with E-state index >= 15 is 0 Å². The Morgan fingerprint density at radius 1 is 1.00 bits per heavy atom. The lowest BCUT2D eigenvalue weighted by atomic mass is 10.2. The molecule has 0 spiro atoms. The zero-order valence-electron chi connectivity index (χ0n) is 16.1. The average molecular weight is 360 g/mol. The third-order valence-corrected chi connectivity index (χ3v) is 5.13. The van der Waals surface area contributed by atoms with Crippen LogP contribution in [0.5, 0.6) is 0 Å². The molecule has 0 radical (unpaired) electrons. The maximum Gasteiger partial charge on any atom is 0.225 e. The lowest BCUT2D eigenvalue weighted by Gasteiger charge is -2.36. The zero-order valence-corrected chi connectivity index (χ0v) is 16.1. The summed E-state index contributed by atoms with van der Waals surface area (Å²) < 4.78 is 0. The summed E-state index contributed by atoms with van der Waals surface area (Å²) in [5, 5.41) is 3.46. The number of nitrogens with zero attached hydrogens (tertiary/aromatic N) is 6. The fourth-order valence-corrected chi connectivity index (χ4v) is 3.66. The van der Waals surface area contributed by atoms with E-state index in [1.165, 1.54) is 38.8 Å². The molecule has 0 bridgehead atoms. The summed E-state index contributed by atoms with van der Waals surface area (Å²) in [6.45, 7) is 11.2. The molecule has 3 heterocycles. The molecule has 0 amide bonds. The van der Waals surface area contributed by atoms with Crippen molar-refractivity contribution in [3.8, 4) is 0 Å². The van der Waals surface area contributed by atoms with E-state index in [0.717, 1.165) is 57.7 Å². The third-order valence-electron chi connectivity index (χ3n) is 5.13. The standard InChI is InChI=1S/C19H33N7/c1-2-20-18(23-10-13-24-11-5-3-4-6-12-24)25-14-16-26(17-15-25)19-21-8-7-9-22-19/h7-9H,2-6,10-17H2,1H3,(H,20,23). The van der Waals surface area contributed by atoms with E-state index in [0.29, 0.717) is 0 Å². The molecule has 1 aromatic rings. The van der Waals surface area contributed by atoms with Crippen LogP contribution in [0.2, 0.25) is 0 Å². The van der Waals surface area contributed by atoms with Gasteiger partial charge in [0, 0.05) is 51.7 Å². The number of anilines is 1. The Labute approximate surface area is 157 Å². The van der Waals surface area contributed by atoms with Crippen LogP contribution in [0.25, 0.3) is 0 Å². The monoisotopic (exact) mass is 359 g/mol. The van der Waals surface area contributed by atoms with Crippen LogP contribution >= 0.6 is 0 Å². The molecule has 0 atom stereocenters. The van der Waals surface area contributed by atoms with E-state index in [2.05, 4.69) is 36.9 Å². The predicted octanol–water partition coefficient (Wildman–Crippen LogP) is 1.44. The number of aromatic nitrogens is 2. The van der Waals surface area contributed by atoms with Gasteiger partial charge in [-0.25, -0.2) is 9.97 Å². The van der Waals surface area contributed by atoms with E-state index in [1.54, 1.807) is 0 Å². The van der Waals surface area contributed by atoms with Gasteiger partial charge >= 0.3 is 0 Å². The van der Waals surface area contributed by atoms with Crippen LogP contribution in [0.15, 0.2) is 23.5 Å². The van der Waals surface area contributed by atoms with E-state index in [-0.39, 0.29) is 0 Å². The zero-order chi connectivity index (χ0) is 18.0. The minimum absolute atomic E-state index is 0.829. The summed E-state index contributed by atoms with van der Waals surface area (Å²) in [4.78, 5) is 20.8. The Morgan fingerprint density at radius 3 is 2.35 bits per heavy atom. The van der Waals surface area contributed by atoms with Gasteiger partial charge in [0.05, 0.1) is 6.54 Å². The van der Waals surface area contributed by atoms with Gasteiger partial charge in [0.25, 0.3) is 0 Å². The second kappa shape index (κ2) is 10.3. The number of aliphatic imine (C=N–C) groups is 1. The summed E-state index contributed by atoms with van der Waals surface area (Å²) in [5.74, 6) is 1.88. The molecule has 0 saturated carbocycles. The molecule has 1 aromatic heterocycles. The van der Waals surface area contributed by atoms with Gasteiger partial charge in [-0.1, -0.05) is 12.8 Å². The number of guanidine groups is 1. The number of likely N-dealkylation sites (tertiary alicyclic amines) is 1. The van der Waals surface area contributed by atoms with Crippen molar-refractivity contribution in [2.75, 3.05) is 63.8 Å². The first-order valence-corrected chi connectivity index (χ1v) is 10.1. The Morgan fingerprint density at radius 2 is 1.69 bits per heavy atom. The summed E-state index contributed by atoms with van der Waals surface area (Å²) in [7, 11) is 0. The van der Waals surface area contributed by atoms with Gasteiger partial charge in [0.1, 0.15) is 0 Å². The normalized spacial score (nSPS) is 20.1. The fourth-order valence-electron chi connectivity index (χ4n) is 3.66. The maximum atomic E-state index is 4.90. The molecule has 2 saturated heterocycles. The Kier molecular flexibility index (Phi) is 7.49. The third kappa shape index (κ3) is 5.56. The minimum atomic E-state index is 0.829. The van der Waals surface area contributed by atoms with Crippen molar-refractivity contribution in [1.29, 1.82) is 0 Å². The Balaban J connectivity index is 1.49. The number of hydrogen-bond donors (Lipinski definition) is 1. The van der Waals surface area contributed by atoms with Crippen LogP contribution in [-0.2, 0) is 0 Å². The van der Waals surface area contributed by atoms with Crippen molar-refractivity contribution < 1.29 is 0 Å².